The first-order valence-corrected chi connectivity index (χ1v) is 15.7. The lowest BCUT2D eigenvalue weighted by Crippen LogP contribution is -2.64. The fraction of sp³-hybridized carbons (Fsp3) is 0.333. The predicted octanol–water partition coefficient (Wildman–Crippen LogP) is 3.54. The van der Waals surface area contributed by atoms with E-state index < -0.39 is 32.2 Å². The molecule has 0 spiro atoms. The molecular weight excluding hydrogens is 552 g/mol. The highest BCUT2D eigenvalue weighted by atomic mass is 16.2. The van der Waals surface area contributed by atoms with Crippen molar-refractivity contribution in [3.8, 4) is 0 Å². The summed E-state index contributed by atoms with van der Waals surface area (Å²) in [5, 5.41) is -0.791. The Kier molecular flexibility index (Phi) is 9.28. The quantitative estimate of drug-likeness (QED) is 0.331. The number of hydrogen-bond donors (Lipinski definition) is 0. The van der Waals surface area contributed by atoms with Crippen molar-refractivity contribution in [2.24, 2.45) is 0 Å². The van der Waals surface area contributed by atoms with Crippen LogP contribution in [0.1, 0.15) is 53.4 Å². The molecule has 2 heterocycles. The highest BCUT2D eigenvalue weighted by Gasteiger charge is 2.30. The summed E-state index contributed by atoms with van der Waals surface area (Å²) in [6.07, 6.45) is 9.97. The van der Waals surface area contributed by atoms with Crippen molar-refractivity contribution in [2.45, 2.75) is 53.4 Å². The first kappa shape index (κ1) is 30.7. The molecule has 0 unspecified atom stereocenters. The van der Waals surface area contributed by atoms with E-state index >= 15 is 0 Å². The Morgan fingerprint density at radius 2 is 0.795 bits per heavy atom. The second kappa shape index (κ2) is 13.3. The van der Waals surface area contributed by atoms with E-state index in [1.807, 2.05) is 62.4 Å². The molecule has 0 fully saturated rings. The van der Waals surface area contributed by atoms with Crippen LogP contribution in [-0.4, -0.2) is 26.2 Å². The highest BCUT2D eigenvalue weighted by molar-refractivity contribution is 5.84. The SMILES string of the molecule is CCCCN1/C(=C/C=c2c(=O)c(=O)c(=C/C=C3\N(CC)c4ccccc4N3CCCC)c(=O)c2=O)N(CC)c2ccccc21. The fourth-order valence-electron chi connectivity index (χ4n) is 6.07. The Morgan fingerprint density at radius 1 is 0.477 bits per heavy atom. The molecule has 3 aromatic carbocycles. The second-order valence-corrected chi connectivity index (χ2v) is 11.0. The molecular formula is C36H40N4O4. The maximum absolute atomic E-state index is 13.3. The van der Waals surface area contributed by atoms with Crippen LogP contribution >= 0.6 is 0 Å². The average molecular weight is 593 g/mol. The first-order chi connectivity index (χ1) is 21.4. The number of anilines is 4. The van der Waals surface area contributed by atoms with Gasteiger partial charge in [-0.3, -0.25) is 19.2 Å². The minimum Gasteiger partial charge on any atom is -0.326 e. The van der Waals surface area contributed by atoms with Gasteiger partial charge in [0, 0.05) is 26.2 Å². The average Bonchev–Trinajstić information content (AvgIpc) is 3.52. The van der Waals surface area contributed by atoms with Gasteiger partial charge in [0.2, 0.25) is 21.7 Å². The minimum absolute atomic E-state index is 0.396. The largest absolute Gasteiger partial charge is 0.326 e. The zero-order valence-corrected chi connectivity index (χ0v) is 26.0. The molecule has 0 aliphatic carbocycles. The van der Waals surface area contributed by atoms with Crippen LogP contribution < -0.4 is 51.8 Å². The van der Waals surface area contributed by atoms with Gasteiger partial charge in [-0.1, -0.05) is 51.0 Å². The lowest BCUT2D eigenvalue weighted by Gasteiger charge is -2.24. The summed E-state index contributed by atoms with van der Waals surface area (Å²) in [4.78, 5) is 61.7. The molecule has 0 amide bonds. The minimum atomic E-state index is -0.959. The molecule has 0 bridgehead atoms. The van der Waals surface area contributed by atoms with E-state index in [0.717, 1.165) is 73.2 Å². The normalized spacial score (nSPS) is 15.8. The van der Waals surface area contributed by atoms with Gasteiger partial charge in [0.1, 0.15) is 11.6 Å². The van der Waals surface area contributed by atoms with E-state index in [2.05, 4.69) is 33.4 Å². The van der Waals surface area contributed by atoms with Gasteiger partial charge in [-0.2, -0.15) is 0 Å². The van der Waals surface area contributed by atoms with Gasteiger partial charge in [0.05, 0.1) is 33.2 Å². The van der Waals surface area contributed by atoms with Gasteiger partial charge in [-0.25, -0.2) is 0 Å². The van der Waals surface area contributed by atoms with Crippen molar-refractivity contribution in [3.63, 3.8) is 0 Å². The summed E-state index contributed by atoms with van der Waals surface area (Å²) >= 11 is 0. The van der Waals surface area contributed by atoms with Crippen molar-refractivity contribution in [3.05, 3.63) is 124 Å². The van der Waals surface area contributed by atoms with Crippen LogP contribution in [0.2, 0.25) is 0 Å². The third-order valence-corrected chi connectivity index (χ3v) is 8.32. The first-order valence-electron chi connectivity index (χ1n) is 15.7. The van der Waals surface area contributed by atoms with E-state index in [9.17, 15) is 19.2 Å². The lowest BCUT2D eigenvalue weighted by molar-refractivity contribution is 0.763. The van der Waals surface area contributed by atoms with E-state index in [4.69, 9.17) is 0 Å². The summed E-state index contributed by atoms with van der Waals surface area (Å²) in [6.45, 7) is 11.2. The number of para-hydroxylation sites is 4. The molecule has 0 atom stereocenters. The molecule has 0 radical (unpaired) electrons. The van der Waals surface area contributed by atoms with Crippen LogP contribution in [0.15, 0.2) is 91.5 Å². The predicted molar refractivity (Wildman–Crippen MR) is 182 cm³/mol. The second-order valence-electron chi connectivity index (χ2n) is 11.0. The van der Waals surface area contributed by atoms with E-state index in [-0.39, 0.29) is 0 Å². The summed E-state index contributed by atoms with van der Waals surface area (Å²) < 4.78 is 0. The number of hydrogen-bond acceptors (Lipinski definition) is 8. The van der Waals surface area contributed by atoms with E-state index in [1.165, 1.54) is 12.2 Å². The van der Waals surface area contributed by atoms with Crippen molar-refractivity contribution >= 4 is 34.9 Å². The van der Waals surface area contributed by atoms with Crippen LogP contribution in [0.4, 0.5) is 22.7 Å². The summed E-state index contributed by atoms with van der Waals surface area (Å²) in [5.41, 5.74) is 0.319. The fourth-order valence-corrected chi connectivity index (χ4v) is 6.07. The lowest BCUT2D eigenvalue weighted by atomic mass is 10.2. The maximum Gasteiger partial charge on any atom is 0.237 e. The molecule has 0 saturated carbocycles. The Balaban J connectivity index is 1.61. The van der Waals surface area contributed by atoms with E-state index in [1.54, 1.807) is 12.2 Å². The molecule has 3 aromatic rings. The third-order valence-electron chi connectivity index (χ3n) is 8.32. The van der Waals surface area contributed by atoms with Crippen molar-refractivity contribution in [2.75, 3.05) is 45.8 Å². The van der Waals surface area contributed by atoms with Crippen LogP contribution in [0.3, 0.4) is 0 Å². The van der Waals surface area contributed by atoms with Gasteiger partial charge in [-0.15, -0.1) is 0 Å². The Morgan fingerprint density at radius 3 is 1.09 bits per heavy atom. The van der Waals surface area contributed by atoms with Crippen LogP contribution in [0.25, 0.3) is 12.2 Å². The van der Waals surface area contributed by atoms with Gasteiger partial charge >= 0.3 is 0 Å². The summed E-state index contributed by atoms with van der Waals surface area (Å²) in [5.74, 6) is 1.60. The zero-order valence-electron chi connectivity index (χ0n) is 26.0. The van der Waals surface area contributed by atoms with Gasteiger partial charge in [0.15, 0.2) is 0 Å². The molecule has 8 heteroatoms. The van der Waals surface area contributed by atoms with Gasteiger partial charge in [0.25, 0.3) is 0 Å². The maximum atomic E-state index is 13.3. The molecule has 5 rings (SSSR count). The van der Waals surface area contributed by atoms with Gasteiger partial charge in [-0.05, 0) is 75.3 Å². The highest BCUT2D eigenvalue weighted by Crippen LogP contribution is 2.42. The number of nitrogens with zero attached hydrogens (tertiary/aromatic N) is 4. The van der Waals surface area contributed by atoms with Crippen LogP contribution in [0, 0.1) is 0 Å². The van der Waals surface area contributed by atoms with E-state index in [0.29, 0.717) is 13.1 Å². The molecule has 2 aliphatic rings. The van der Waals surface area contributed by atoms with Gasteiger partial charge < -0.3 is 19.6 Å². The van der Waals surface area contributed by atoms with Crippen LogP contribution in [-0.2, 0) is 0 Å². The summed E-state index contributed by atoms with van der Waals surface area (Å²) in [6, 6.07) is 16.1. The number of benzene rings is 3. The molecule has 228 valence electrons. The number of unbranched alkanes of at least 4 members (excludes halogenated alkanes) is 2. The van der Waals surface area contributed by atoms with Crippen molar-refractivity contribution in [1.82, 2.24) is 0 Å². The van der Waals surface area contributed by atoms with Crippen molar-refractivity contribution in [1.29, 1.82) is 0 Å². The molecule has 8 nitrogen and oxygen atoms in total. The number of allylic oxidation sites excluding steroid dienone is 2. The topological polar surface area (TPSA) is 81.2 Å². The smallest absolute Gasteiger partial charge is 0.237 e. The van der Waals surface area contributed by atoms with Crippen LogP contribution in [0.5, 0.6) is 0 Å². The van der Waals surface area contributed by atoms with Crippen molar-refractivity contribution < 1.29 is 0 Å². The Bertz CT molecular complexity index is 1750. The summed E-state index contributed by atoms with van der Waals surface area (Å²) in [7, 11) is 0. The Hall–Kier alpha value is -4.72. The number of rotatable bonds is 10. The molecule has 2 aliphatic heterocycles. The molecule has 0 saturated heterocycles. The third kappa shape index (κ3) is 5.41. The molecule has 0 aromatic heterocycles. The zero-order chi connectivity index (χ0) is 31.4. The number of fused-ring (bicyclic) bond motifs is 2. The standard InChI is InChI=1S/C36H40N4O4/c1-5-9-23-39-29-17-13-11-15-27(29)37(7-3)31(39)21-19-25-33(41)35(43)26(36(44)34(25)42)20-22-32-38(8-4)28-16-12-14-18-30(28)40(32)24-10-6-2/h11-22H,5-10,23-24H2,1-4H3/b25-19?,26-20?,31-21+,32-22+. The molecule has 44 heavy (non-hydrogen) atoms. The monoisotopic (exact) mass is 592 g/mol. The molecule has 0 N–H and O–H groups in total. The Labute approximate surface area is 257 Å².